The first-order chi connectivity index (χ1) is 22.3. The van der Waals surface area contributed by atoms with Crippen molar-refractivity contribution in [3.63, 3.8) is 0 Å². The highest BCUT2D eigenvalue weighted by Gasteiger charge is 2.73. The molecule has 6 aliphatic rings. The van der Waals surface area contributed by atoms with Crippen LogP contribution in [0, 0.1) is 50.2 Å². The number of carbonyl (C=O) groups is 2. The molecule has 0 aromatic carbocycles. The minimum absolute atomic E-state index is 0.0445. The van der Waals surface area contributed by atoms with E-state index in [-0.39, 0.29) is 30.3 Å². The minimum Gasteiger partial charge on any atom is -0.481 e. The first kappa shape index (κ1) is 36.2. The van der Waals surface area contributed by atoms with Gasteiger partial charge < -0.3 is 50.3 Å². The number of ether oxygens (including phenoxy) is 2. The molecular formula is C36H56O12. The Hall–Kier alpha value is -1.64. The van der Waals surface area contributed by atoms with Crippen molar-refractivity contribution in [2.75, 3.05) is 13.2 Å². The van der Waals surface area contributed by atoms with Crippen LogP contribution in [0.1, 0.15) is 92.4 Å². The number of carboxylic acids is 2. The lowest BCUT2D eigenvalue weighted by atomic mass is 9.33. The zero-order chi connectivity index (χ0) is 35.4. The molecule has 0 amide bonds. The Kier molecular flexibility index (Phi) is 8.81. The first-order valence-electron chi connectivity index (χ1n) is 17.7. The number of fused-ring (bicyclic) bond motifs is 7. The summed E-state index contributed by atoms with van der Waals surface area (Å²) < 4.78 is 11.7. The molecule has 0 aromatic rings. The molecule has 1 heterocycles. The van der Waals surface area contributed by atoms with Crippen molar-refractivity contribution in [3.8, 4) is 0 Å². The maximum Gasteiger partial charge on any atom is 0.312 e. The van der Waals surface area contributed by atoms with E-state index in [0.29, 0.717) is 38.5 Å². The van der Waals surface area contributed by atoms with Crippen LogP contribution in [-0.2, 0) is 19.1 Å². The van der Waals surface area contributed by atoms with E-state index < -0.39 is 94.5 Å². The maximum atomic E-state index is 13.4. The highest BCUT2D eigenvalue weighted by molar-refractivity contribution is 5.77. The molecular weight excluding hydrogens is 624 g/mol. The zero-order valence-electron chi connectivity index (χ0n) is 28.8. The lowest BCUT2D eigenvalue weighted by Crippen LogP contribution is -2.71. The van der Waals surface area contributed by atoms with E-state index in [4.69, 9.17) is 9.47 Å². The summed E-state index contributed by atoms with van der Waals surface area (Å²) in [6.07, 6.45) is -3.56. The molecule has 5 aliphatic carbocycles. The molecule has 15 atom stereocenters. The predicted octanol–water partition coefficient (Wildman–Crippen LogP) is 2.07. The van der Waals surface area contributed by atoms with Crippen molar-refractivity contribution >= 4 is 11.9 Å². The number of aliphatic hydroxyl groups is 6. The highest BCUT2D eigenvalue weighted by atomic mass is 16.7. The third kappa shape index (κ3) is 4.69. The Morgan fingerprint density at radius 2 is 1.52 bits per heavy atom. The SMILES string of the molecule is CC1(C)CC[C@]2(C(=O)O)CC[C@]3(CO)C(=CC[C@@H]4[C@@]5(C)C[C@H](O)[C@H](O[C@@H]6O[C@H](CO)[C@@H](O)[C@H](O)[C@H]6O)[C@](C)(C(=O)O)C5CC[C@]43C)[C@H]2C1. The van der Waals surface area contributed by atoms with Crippen LogP contribution < -0.4 is 0 Å². The molecule has 272 valence electrons. The molecule has 1 unspecified atom stereocenters. The summed E-state index contributed by atoms with van der Waals surface area (Å²) in [4.78, 5) is 26.3. The third-order valence-corrected chi connectivity index (χ3v) is 15.2. The van der Waals surface area contributed by atoms with Gasteiger partial charge in [-0.1, -0.05) is 39.3 Å². The van der Waals surface area contributed by atoms with Crippen LogP contribution >= 0.6 is 0 Å². The second-order valence-electron chi connectivity index (χ2n) is 17.7. The van der Waals surface area contributed by atoms with E-state index in [9.17, 15) is 50.4 Å². The Bertz CT molecular complexity index is 1330. The van der Waals surface area contributed by atoms with Gasteiger partial charge >= 0.3 is 11.9 Å². The molecule has 8 N–H and O–H groups in total. The quantitative estimate of drug-likeness (QED) is 0.150. The largest absolute Gasteiger partial charge is 0.481 e. The second kappa shape index (κ2) is 11.7. The summed E-state index contributed by atoms with van der Waals surface area (Å²) >= 11 is 0. The van der Waals surface area contributed by atoms with E-state index in [2.05, 4.69) is 26.8 Å². The van der Waals surface area contributed by atoms with E-state index in [0.717, 1.165) is 18.4 Å². The van der Waals surface area contributed by atoms with Crippen LogP contribution in [0.15, 0.2) is 11.6 Å². The molecule has 48 heavy (non-hydrogen) atoms. The number of hydrogen-bond donors (Lipinski definition) is 8. The zero-order valence-corrected chi connectivity index (χ0v) is 28.8. The Balaban J connectivity index is 1.38. The van der Waals surface area contributed by atoms with Crippen LogP contribution in [0.2, 0.25) is 0 Å². The molecule has 1 aliphatic heterocycles. The normalized spacial score (nSPS) is 52.9. The van der Waals surface area contributed by atoms with Gasteiger partial charge in [-0.15, -0.1) is 0 Å². The van der Waals surface area contributed by atoms with E-state index in [1.54, 1.807) is 6.92 Å². The van der Waals surface area contributed by atoms with Gasteiger partial charge in [0, 0.05) is 5.41 Å². The monoisotopic (exact) mass is 680 g/mol. The third-order valence-electron chi connectivity index (χ3n) is 15.2. The van der Waals surface area contributed by atoms with Gasteiger partial charge in [-0.05, 0) is 98.7 Å². The lowest BCUT2D eigenvalue weighted by molar-refractivity contribution is -0.340. The summed E-state index contributed by atoms with van der Waals surface area (Å²) in [6, 6.07) is 0. The molecule has 1 saturated heterocycles. The molecule has 12 nitrogen and oxygen atoms in total. The van der Waals surface area contributed by atoms with Crippen molar-refractivity contribution in [2.45, 2.75) is 135 Å². The Labute approximate surface area is 282 Å². The summed E-state index contributed by atoms with van der Waals surface area (Å²) in [5.74, 6) is -2.81. The Morgan fingerprint density at radius 1 is 0.854 bits per heavy atom. The van der Waals surface area contributed by atoms with Gasteiger partial charge in [0.25, 0.3) is 0 Å². The van der Waals surface area contributed by atoms with Gasteiger partial charge in [-0.3, -0.25) is 9.59 Å². The van der Waals surface area contributed by atoms with Gasteiger partial charge in [-0.2, -0.15) is 0 Å². The van der Waals surface area contributed by atoms with Crippen LogP contribution in [-0.4, -0.2) is 109 Å². The second-order valence-corrected chi connectivity index (χ2v) is 17.7. The molecule has 0 bridgehead atoms. The van der Waals surface area contributed by atoms with Crippen molar-refractivity contribution in [3.05, 3.63) is 11.6 Å². The summed E-state index contributed by atoms with van der Waals surface area (Å²) in [5, 5.41) is 85.8. The maximum absolute atomic E-state index is 13.4. The standard InChI is InChI=1S/C36H56O12/c1-31(2)10-11-35(30(45)46)12-13-36(17-38)18(19(35)14-31)6-7-22-32(3)15-20(39)27(34(5,29(43)44)23(32)8-9-33(22,36)4)48-28-26(42)25(41)24(40)21(16-37)47-28/h6,19-28,37-42H,7-17H2,1-5H3,(H,43,44)(H,45,46)/t19-,20+,21-,22-,23?,24-,25+,26-,27+,28+,32-,33-,34-,35+,36+/m1/s1. The number of aliphatic hydroxyl groups excluding tert-OH is 6. The Morgan fingerprint density at radius 3 is 2.12 bits per heavy atom. The van der Waals surface area contributed by atoms with Gasteiger partial charge in [0.05, 0.1) is 30.1 Å². The number of hydrogen-bond acceptors (Lipinski definition) is 10. The van der Waals surface area contributed by atoms with Gasteiger partial charge in [-0.25, -0.2) is 0 Å². The first-order valence-corrected chi connectivity index (χ1v) is 17.7. The fraction of sp³-hybridized carbons (Fsp3) is 0.889. The molecule has 4 saturated carbocycles. The fourth-order valence-electron chi connectivity index (χ4n) is 12.4. The van der Waals surface area contributed by atoms with E-state index in [1.165, 1.54) is 0 Å². The number of carboxylic acid groups (broad SMARTS) is 2. The lowest BCUT2D eigenvalue weighted by Gasteiger charge is -2.71. The summed E-state index contributed by atoms with van der Waals surface area (Å²) in [7, 11) is 0. The van der Waals surface area contributed by atoms with Crippen LogP contribution in [0.25, 0.3) is 0 Å². The molecule has 0 spiro atoms. The van der Waals surface area contributed by atoms with Crippen LogP contribution in [0.3, 0.4) is 0 Å². The molecule has 12 heteroatoms. The van der Waals surface area contributed by atoms with Gasteiger partial charge in [0.2, 0.25) is 0 Å². The molecule has 0 aromatic heterocycles. The fourth-order valence-corrected chi connectivity index (χ4v) is 12.4. The van der Waals surface area contributed by atoms with E-state index >= 15 is 0 Å². The minimum atomic E-state index is -1.75. The molecule has 5 fully saturated rings. The van der Waals surface area contributed by atoms with Crippen molar-refractivity contribution in [1.82, 2.24) is 0 Å². The average molecular weight is 681 g/mol. The predicted molar refractivity (Wildman–Crippen MR) is 170 cm³/mol. The van der Waals surface area contributed by atoms with E-state index in [1.807, 2.05) is 6.92 Å². The number of aliphatic carboxylic acids is 2. The van der Waals surface area contributed by atoms with Crippen molar-refractivity contribution in [1.29, 1.82) is 0 Å². The average Bonchev–Trinajstić information content (AvgIpc) is 3.01. The molecule has 6 rings (SSSR count). The summed E-state index contributed by atoms with van der Waals surface area (Å²) in [6.45, 7) is 9.33. The highest BCUT2D eigenvalue weighted by Crippen LogP contribution is 2.76. The smallest absolute Gasteiger partial charge is 0.312 e. The topological polar surface area (TPSA) is 214 Å². The van der Waals surface area contributed by atoms with Crippen molar-refractivity contribution in [2.24, 2.45) is 50.2 Å². The van der Waals surface area contributed by atoms with Crippen LogP contribution in [0.5, 0.6) is 0 Å². The molecule has 0 radical (unpaired) electrons. The van der Waals surface area contributed by atoms with Gasteiger partial charge in [0.1, 0.15) is 30.5 Å². The number of rotatable bonds is 6. The van der Waals surface area contributed by atoms with Gasteiger partial charge in [0.15, 0.2) is 6.29 Å². The number of allylic oxidation sites excluding steroid dienone is 1. The van der Waals surface area contributed by atoms with Crippen LogP contribution in [0.4, 0.5) is 0 Å². The summed E-state index contributed by atoms with van der Waals surface area (Å²) in [5.41, 5.74) is -3.46. The van der Waals surface area contributed by atoms with Crippen molar-refractivity contribution < 1.29 is 59.9 Å².